The molecule has 1 aromatic heterocycles. The van der Waals surface area contributed by atoms with Crippen molar-refractivity contribution in [3.63, 3.8) is 0 Å². The quantitative estimate of drug-likeness (QED) is 0.251. The van der Waals surface area contributed by atoms with Crippen molar-refractivity contribution in [1.82, 2.24) is 15.6 Å². The zero-order chi connectivity index (χ0) is 28.4. The van der Waals surface area contributed by atoms with Crippen LogP contribution in [-0.2, 0) is 20.8 Å². The van der Waals surface area contributed by atoms with Crippen LogP contribution in [0.2, 0.25) is 0 Å². The van der Waals surface area contributed by atoms with Crippen molar-refractivity contribution in [3.8, 4) is 0 Å². The minimum Gasteiger partial charge on any atom is -0.348 e. The van der Waals surface area contributed by atoms with Crippen molar-refractivity contribution in [2.75, 3.05) is 5.32 Å². The number of nitrogens with zero attached hydrogens (tertiary/aromatic N) is 1. The second-order valence-electron chi connectivity index (χ2n) is 10.3. The van der Waals surface area contributed by atoms with Gasteiger partial charge in [0.15, 0.2) is 0 Å². The summed E-state index contributed by atoms with van der Waals surface area (Å²) in [6.45, 7) is 0. The number of aryl methyl sites for hydroxylation is 1. The molecule has 0 spiro atoms. The molecule has 7 nitrogen and oxygen atoms in total. The van der Waals surface area contributed by atoms with Crippen molar-refractivity contribution >= 4 is 23.5 Å². The van der Waals surface area contributed by atoms with E-state index in [4.69, 9.17) is 0 Å². The van der Waals surface area contributed by atoms with Crippen molar-refractivity contribution < 1.29 is 14.4 Å². The minimum absolute atomic E-state index is 0.0392. The lowest BCUT2D eigenvalue weighted by molar-refractivity contribution is -0.130. The molecule has 208 valence electrons. The first-order chi connectivity index (χ1) is 20.1. The summed E-state index contributed by atoms with van der Waals surface area (Å²) in [6, 6.07) is 31.4. The van der Waals surface area contributed by atoms with Crippen LogP contribution in [0.3, 0.4) is 0 Å². The normalized spacial score (nSPS) is 14.9. The van der Waals surface area contributed by atoms with E-state index in [0.717, 1.165) is 36.0 Å². The van der Waals surface area contributed by atoms with Crippen LogP contribution in [0.5, 0.6) is 0 Å². The Morgan fingerprint density at radius 3 is 2.12 bits per heavy atom. The van der Waals surface area contributed by atoms with Crippen molar-refractivity contribution in [3.05, 3.63) is 132 Å². The third kappa shape index (κ3) is 7.25. The van der Waals surface area contributed by atoms with Gasteiger partial charge in [0.2, 0.25) is 17.7 Å². The summed E-state index contributed by atoms with van der Waals surface area (Å²) in [7, 11) is 0. The number of carbonyl (C=O) groups is 3. The number of rotatable bonds is 10. The summed E-state index contributed by atoms with van der Waals surface area (Å²) in [5, 5.41) is 8.94. The molecule has 0 fully saturated rings. The number of fused-ring (bicyclic) bond motifs is 1. The minimum atomic E-state index is -0.902. The molecule has 0 saturated carbocycles. The maximum Gasteiger partial charge on any atom is 0.243 e. The topological polar surface area (TPSA) is 100 Å². The molecule has 3 amide bonds. The molecule has 0 unspecified atom stereocenters. The fraction of sp³-hybridized carbons (Fsp3) is 0.235. The molecule has 1 heterocycles. The van der Waals surface area contributed by atoms with E-state index >= 15 is 0 Å². The number of anilines is 1. The Morgan fingerprint density at radius 1 is 0.780 bits per heavy atom. The van der Waals surface area contributed by atoms with Crippen LogP contribution in [0.1, 0.15) is 59.9 Å². The van der Waals surface area contributed by atoms with E-state index in [0.29, 0.717) is 5.82 Å². The highest BCUT2D eigenvalue weighted by Gasteiger charge is 2.30. The largest absolute Gasteiger partial charge is 0.348 e. The lowest BCUT2D eigenvalue weighted by Gasteiger charge is -2.29. The Morgan fingerprint density at radius 2 is 1.44 bits per heavy atom. The van der Waals surface area contributed by atoms with Crippen LogP contribution in [0.25, 0.3) is 0 Å². The highest BCUT2D eigenvalue weighted by molar-refractivity contribution is 5.94. The molecular formula is C34H34N4O3. The molecule has 7 heteroatoms. The molecule has 0 radical (unpaired) electrons. The van der Waals surface area contributed by atoms with Crippen molar-refractivity contribution in [2.24, 2.45) is 0 Å². The maximum absolute atomic E-state index is 13.9. The Bertz CT molecular complexity index is 1420. The molecule has 2 atom stereocenters. The van der Waals surface area contributed by atoms with Gasteiger partial charge in [-0.1, -0.05) is 91.0 Å². The van der Waals surface area contributed by atoms with Gasteiger partial charge in [0.1, 0.15) is 11.9 Å². The smallest absolute Gasteiger partial charge is 0.243 e. The zero-order valence-electron chi connectivity index (χ0n) is 22.8. The van der Waals surface area contributed by atoms with Gasteiger partial charge in [0.25, 0.3) is 0 Å². The Hall–Kier alpha value is -4.78. The van der Waals surface area contributed by atoms with E-state index in [1.54, 1.807) is 24.4 Å². The zero-order valence-corrected chi connectivity index (χ0v) is 22.8. The van der Waals surface area contributed by atoms with Crippen LogP contribution in [-0.4, -0.2) is 28.7 Å². The van der Waals surface area contributed by atoms with E-state index in [-0.39, 0.29) is 36.6 Å². The number of hydrogen-bond donors (Lipinski definition) is 3. The van der Waals surface area contributed by atoms with Gasteiger partial charge in [0.05, 0.1) is 12.0 Å². The summed E-state index contributed by atoms with van der Waals surface area (Å²) in [6.07, 6.45) is 4.54. The van der Waals surface area contributed by atoms with E-state index in [1.165, 1.54) is 5.56 Å². The van der Waals surface area contributed by atoms with Gasteiger partial charge < -0.3 is 16.0 Å². The van der Waals surface area contributed by atoms with Gasteiger partial charge >= 0.3 is 0 Å². The fourth-order valence-electron chi connectivity index (χ4n) is 5.40. The summed E-state index contributed by atoms with van der Waals surface area (Å²) in [5.74, 6) is -1.04. The number of nitrogens with one attached hydrogen (secondary N) is 3. The van der Waals surface area contributed by atoms with E-state index < -0.39 is 12.0 Å². The van der Waals surface area contributed by atoms with E-state index in [1.807, 2.05) is 78.9 Å². The first-order valence-electron chi connectivity index (χ1n) is 14.1. The fourth-order valence-corrected chi connectivity index (χ4v) is 5.40. The second kappa shape index (κ2) is 13.5. The number of pyridine rings is 1. The number of amides is 3. The molecule has 0 aliphatic heterocycles. The SMILES string of the molecule is O=C(CC[C@@H](NC(=O)C(c1ccccc1)c1ccccc1)C(=O)N[C@@H]1CCCc2ccccc21)Nc1ccccn1. The second-order valence-corrected chi connectivity index (χ2v) is 10.3. The highest BCUT2D eigenvalue weighted by atomic mass is 16.2. The third-order valence-electron chi connectivity index (χ3n) is 7.44. The summed E-state index contributed by atoms with van der Waals surface area (Å²) >= 11 is 0. The van der Waals surface area contributed by atoms with Crippen LogP contribution >= 0.6 is 0 Å². The van der Waals surface area contributed by atoms with E-state index in [9.17, 15) is 14.4 Å². The van der Waals surface area contributed by atoms with Gasteiger partial charge in [-0.05, 0) is 60.1 Å². The number of carbonyl (C=O) groups excluding carboxylic acids is 3. The summed E-state index contributed by atoms with van der Waals surface area (Å²) in [5.41, 5.74) is 3.98. The molecule has 4 aromatic rings. The third-order valence-corrected chi connectivity index (χ3v) is 7.44. The first-order valence-corrected chi connectivity index (χ1v) is 14.1. The van der Waals surface area contributed by atoms with Gasteiger partial charge in [0, 0.05) is 12.6 Å². The Balaban J connectivity index is 1.36. The molecule has 3 N–H and O–H groups in total. The molecule has 0 bridgehead atoms. The predicted molar refractivity (Wildman–Crippen MR) is 159 cm³/mol. The number of benzene rings is 3. The van der Waals surface area contributed by atoms with Gasteiger partial charge in [-0.15, -0.1) is 0 Å². The first kappa shape index (κ1) is 27.8. The Kier molecular flexibility index (Phi) is 9.16. The van der Waals surface area contributed by atoms with Gasteiger partial charge in [-0.2, -0.15) is 0 Å². The van der Waals surface area contributed by atoms with Crippen LogP contribution in [0.15, 0.2) is 109 Å². The molecule has 41 heavy (non-hydrogen) atoms. The number of aromatic nitrogens is 1. The average molecular weight is 547 g/mol. The lowest BCUT2D eigenvalue weighted by atomic mass is 9.87. The molecule has 1 aliphatic carbocycles. The van der Waals surface area contributed by atoms with Gasteiger partial charge in [-0.3, -0.25) is 14.4 Å². The van der Waals surface area contributed by atoms with E-state index in [2.05, 4.69) is 27.0 Å². The molecule has 1 aliphatic rings. The summed E-state index contributed by atoms with van der Waals surface area (Å²) < 4.78 is 0. The van der Waals surface area contributed by atoms with Crippen molar-refractivity contribution in [1.29, 1.82) is 0 Å². The number of hydrogen-bond acceptors (Lipinski definition) is 4. The van der Waals surface area contributed by atoms with Gasteiger partial charge in [-0.25, -0.2) is 4.98 Å². The van der Waals surface area contributed by atoms with Crippen LogP contribution in [0.4, 0.5) is 5.82 Å². The molecule has 0 saturated heterocycles. The Labute approximate surface area is 240 Å². The highest BCUT2D eigenvalue weighted by Crippen LogP contribution is 2.30. The van der Waals surface area contributed by atoms with Crippen LogP contribution < -0.4 is 16.0 Å². The summed E-state index contributed by atoms with van der Waals surface area (Å²) in [4.78, 5) is 44.5. The standard InChI is InChI=1S/C34H34N4O3/c39-31(38-30-20-9-10-23-35-30)22-21-29(33(40)36-28-19-11-17-24-12-7-8-18-27(24)28)37-34(41)32(25-13-3-1-4-14-25)26-15-5-2-6-16-26/h1-10,12-16,18,20,23,28-29,32H,11,17,19,21-22H2,(H,36,40)(H,37,41)(H,35,38,39)/t28-,29-/m1/s1. The van der Waals surface area contributed by atoms with Crippen molar-refractivity contribution in [2.45, 2.75) is 50.1 Å². The maximum atomic E-state index is 13.9. The van der Waals surface area contributed by atoms with Crippen LogP contribution in [0, 0.1) is 0 Å². The average Bonchev–Trinajstić information content (AvgIpc) is 3.01. The molecule has 5 rings (SSSR count). The molecular weight excluding hydrogens is 512 g/mol. The lowest BCUT2D eigenvalue weighted by Crippen LogP contribution is -2.49. The molecule has 3 aromatic carbocycles. The predicted octanol–water partition coefficient (Wildman–Crippen LogP) is 5.31. The monoisotopic (exact) mass is 546 g/mol.